The van der Waals surface area contributed by atoms with Gasteiger partial charge in [0.2, 0.25) is 5.95 Å². The first kappa shape index (κ1) is 15.9. The SMILES string of the molecule is CCCn1cc(-c2ccnc(NC[C@H]3COCCO3)n2)c(C)n1. The van der Waals surface area contributed by atoms with Gasteiger partial charge in [-0.15, -0.1) is 0 Å². The summed E-state index contributed by atoms with van der Waals surface area (Å²) >= 11 is 0. The quantitative estimate of drug-likeness (QED) is 0.877. The summed E-state index contributed by atoms with van der Waals surface area (Å²) in [4.78, 5) is 8.87. The Bertz CT molecular complexity index is 637. The van der Waals surface area contributed by atoms with Crippen molar-refractivity contribution in [3.63, 3.8) is 0 Å². The van der Waals surface area contributed by atoms with Crippen LogP contribution < -0.4 is 5.32 Å². The van der Waals surface area contributed by atoms with Gasteiger partial charge in [-0.2, -0.15) is 5.10 Å². The average molecular weight is 317 g/mol. The van der Waals surface area contributed by atoms with Crippen LogP contribution in [0.5, 0.6) is 0 Å². The number of anilines is 1. The summed E-state index contributed by atoms with van der Waals surface area (Å²) in [7, 11) is 0. The molecule has 0 saturated carbocycles. The minimum atomic E-state index is 0.0463. The van der Waals surface area contributed by atoms with E-state index in [-0.39, 0.29) is 6.10 Å². The maximum absolute atomic E-state index is 5.61. The number of rotatable bonds is 6. The third kappa shape index (κ3) is 4.05. The number of nitrogens with one attached hydrogen (secondary N) is 1. The van der Waals surface area contributed by atoms with Gasteiger partial charge in [0, 0.05) is 31.0 Å². The van der Waals surface area contributed by atoms with Gasteiger partial charge in [-0.3, -0.25) is 4.68 Å². The Balaban J connectivity index is 1.69. The van der Waals surface area contributed by atoms with E-state index in [9.17, 15) is 0 Å². The smallest absolute Gasteiger partial charge is 0.223 e. The highest BCUT2D eigenvalue weighted by atomic mass is 16.6. The highest BCUT2D eigenvalue weighted by molar-refractivity contribution is 5.61. The fraction of sp³-hybridized carbons (Fsp3) is 0.562. The molecule has 23 heavy (non-hydrogen) atoms. The summed E-state index contributed by atoms with van der Waals surface area (Å²) < 4.78 is 13.0. The van der Waals surface area contributed by atoms with E-state index in [1.165, 1.54) is 0 Å². The zero-order chi connectivity index (χ0) is 16.1. The second-order valence-electron chi connectivity index (χ2n) is 5.61. The van der Waals surface area contributed by atoms with Gasteiger partial charge >= 0.3 is 0 Å². The van der Waals surface area contributed by atoms with Crippen molar-refractivity contribution in [1.82, 2.24) is 19.7 Å². The van der Waals surface area contributed by atoms with Gasteiger partial charge in [0.05, 0.1) is 37.3 Å². The first-order valence-electron chi connectivity index (χ1n) is 8.07. The van der Waals surface area contributed by atoms with Crippen LogP contribution in [0.4, 0.5) is 5.95 Å². The van der Waals surface area contributed by atoms with Crippen LogP contribution in [0, 0.1) is 6.92 Å². The molecule has 1 aliphatic rings. The lowest BCUT2D eigenvalue weighted by Crippen LogP contribution is -2.34. The summed E-state index contributed by atoms with van der Waals surface area (Å²) in [5.41, 5.74) is 2.90. The van der Waals surface area contributed by atoms with E-state index in [2.05, 4.69) is 27.3 Å². The molecule has 0 aliphatic carbocycles. The van der Waals surface area contributed by atoms with E-state index in [1.807, 2.05) is 23.9 Å². The number of aromatic nitrogens is 4. The Morgan fingerprint density at radius 1 is 1.39 bits per heavy atom. The molecule has 1 atom stereocenters. The number of nitrogens with zero attached hydrogens (tertiary/aromatic N) is 4. The molecule has 2 aromatic heterocycles. The molecule has 124 valence electrons. The number of aryl methyl sites for hydroxylation is 2. The number of hydrogen-bond acceptors (Lipinski definition) is 6. The van der Waals surface area contributed by atoms with Crippen molar-refractivity contribution in [2.24, 2.45) is 0 Å². The van der Waals surface area contributed by atoms with Crippen molar-refractivity contribution >= 4 is 5.95 Å². The van der Waals surface area contributed by atoms with Gasteiger partial charge in [-0.05, 0) is 19.4 Å². The Labute approximate surface area is 136 Å². The predicted molar refractivity (Wildman–Crippen MR) is 87.3 cm³/mol. The van der Waals surface area contributed by atoms with Gasteiger partial charge < -0.3 is 14.8 Å². The van der Waals surface area contributed by atoms with Crippen LogP contribution in [0.2, 0.25) is 0 Å². The van der Waals surface area contributed by atoms with Crippen molar-refractivity contribution in [1.29, 1.82) is 0 Å². The van der Waals surface area contributed by atoms with Crippen molar-refractivity contribution in [2.75, 3.05) is 31.7 Å². The molecule has 0 bridgehead atoms. The molecule has 0 aromatic carbocycles. The second-order valence-corrected chi connectivity index (χ2v) is 5.61. The Hall–Kier alpha value is -1.99. The zero-order valence-electron chi connectivity index (χ0n) is 13.7. The summed E-state index contributed by atoms with van der Waals surface area (Å²) in [6.07, 6.45) is 4.91. The molecule has 1 fully saturated rings. The molecule has 7 nitrogen and oxygen atoms in total. The van der Waals surface area contributed by atoms with E-state index in [4.69, 9.17) is 9.47 Å². The van der Waals surface area contributed by atoms with Crippen LogP contribution in [-0.2, 0) is 16.0 Å². The van der Waals surface area contributed by atoms with Crippen LogP contribution >= 0.6 is 0 Å². The van der Waals surface area contributed by atoms with Gasteiger partial charge in [-0.25, -0.2) is 9.97 Å². The Morgan fingerprint density at radius 3 is 3.09 bits per heavy atom. The second kappa shape index (κ2) is 7.52. The predicted octanol–water partition coefficient (Wildman–Crippen LogP) is 1.89. The third-order valence-corrected chi connectivity index (χ3v) is 3.70. The molecule has 0 radical (unpaired) electrons. The molecule has 1 saturated heterocycles. The molecule has 1 aliphatic heterocycles. The van der Waals surface area contributed by atoms with Crippen LogP contribution in [0.15, 0.2) is 18.5 Å². The van der Waals surface area contributed by atoms with Crippen molar-refractivity contribution in [3.8, 4) is 11.3 Å². The molecule has 0 spiro atoms. The summed E-state index contributed by atoms with van der Waals surface area (Å²) in [6.45, 7) is 7.61. The summed E-state index contributed by atoms with van der Waals surface area (Å²) in [5, 5.41) is 7.75. The van der Waals surface area contributed by atoms with Gasteiger partial charge in [0.25, 0.3) is 0 Å². The Kier molecular flexibility index (Phi) is 5.19. The topological polar surface area (TPSA) is 74.1 Å². The standard InChI is InChI=1S/C16H23N5O2/c1-3-6-21-10-14(12(2)20-21)15-4-5-17-16(19-15)18-9-13-11-22-7-8-23-13/h4-5,10,13H,3,6-9,11H2,1-2H3,(H,17,18,19)/t13-/m0/s1. The monoisotopic (exact) mass is 317 g/mol. The van der Waals surface area contributed by atoms with Crippen LogP contribution in [0.1, 0.15) is 19.0 Å². The molecule has 2 aromatic rings. The molecule has 3 rings (SSSR count). The van der Waals surface area contributed by atoms with E-state index in [0.717, 1.165) is 29.9 Å². The summed E-state index contributed by atoms with van der Waals surface area (Å²) in [6, 6.07) is 1.91. The number of hydrogen-bond donors (Lipinski definition) is 1. The maximum atomic E-state index is 5.61. The van der Waals surface area contributed by atoms with Gasteiger partial charge in [0.15, 0.2) is 0 Å². The van der Waals surface area contributed by atoms with Crippen LogP contribution in [0.3, 0.4) is 0 Å². The lowest BCUT2D eigenvalue weighted by molar-refractivity contribution is -0.0819. The minimum Gasteiger partial charge on any atom is -0.376 e. The molecule has 0 amide bonds. The van der Waals surface area contributed by atoms with Crippen LogP contribution in [0.25, 0.3) is 11.3 Å². The highest BCUT2D eigenvalue weighted by Gasteiger charge is 2.15. The number of ether oxygens (including phenoxy) is 2. The average Bonchev–Trinajstić information content (AvgIpc) is 2.95. The van der Waals surface area contributed by atoms with Gasteiger partial charge in [0.1, 0.15) is 0 Å². The molecular weight excluding hydrogens is 294 g/mol. The van der Waals surface area contributed by atoms with Crippen molar-refractivity contribution in [2.45, 2.75) is 32.9 Å². The lowest BCUT2D eigenvalue weighted by atomic mass is 10.2. The lowest BCUT2D eigenvalue weighted by Gasteiger charge is -2.23. The normalized spacial score (nSPS) is 18.1. The molecular formula is C16H23N5O2. The van der Waals surface area contributed by atoms with Crippen molar-refractivity contribution in [3.05, 3.63) is 24.2 Å². The molecule has 3 heterocycles. The largest absolute Gasteiger partial charge is 0.376 e. The van der Waals surface area contributed by atoms with E-state index in [1.54, 1.807) is 6.20 Å². The van der Waals surface area contributed by atoms with Gasteiger partial charge in [-0.1, -0.05) is 6.92 Å². The molecule has 7 heteroatoms. The third-order valence-electron chi connectivity index (χ3n) is 3.70. The molecule has 1 N–H and O–H groups in total. The fourth-order valence-corrected chi connectivity index (χ4v) is 2.57. The first-order valence-corrected chi connectivity index (χ1v) is 8.07. The van der Waals surface area contributed by atoms with Crippen molar-refractivity contribution < 1.29 is 9.47 Å². The fourth-order valence-electron chi connectivity index (χ4n) is 2.57. The Morgan fingerprint density at radius 2 is 2.30 bits per heavy atom. The summed E-state index contributed by atoms with van der Waals surface area (Å²) in [5.74, 6) is 0.597. The first-order chi connectivity index (χ1) is 11.3. The van der Waals surface area contributed by atoms with Crippen LogP contribution in [-0.4, -0.2) is 52.2 Å². The molecule has 0 unspecified atom stereocenters. The van der Waals surface area contributed by atoms with E-state index < -0.39 is 0 Å². The van der Waals surface area contributed by atoms with E-state index >= 15 is 0 Å². The van der Waals surface area contributed by atoms with E-state index in [0.29, 0.717) is 32.3 Å². The maximum Gasteiger partial charge on any atom is 0.223 e. The zero-order valence-corrected chi connectivity index (χ0v) is 13.7. The minimum absolute atomic E-state index is 0.0463. The highest BCUT2D eigenvalue weighted by Crippen LogP contribution is 2.21.